The van der Waals surface area contributed by atoms with Gasteiger partial charge in [0.05, 0.1) is 6.10 Å². The molecule has 1 N–H and O–H groups in total. The third kappa shape index (κ3) is 4.02. The van der Waals surface area contributed by atoms with Crippen molar-refractivity contribution in [3.63, 3.8) is 0 Å². The maximum atomic E-state index is 9.77. The predicted octanol–water partition coefficient (Wildman–Crippen LogP) is 3.61. The molecule has 0 bridgehead atoms. The van der Waals surface area contributed by atoms with Crippen LogP contribution in [0.3, 0.4) is 0 Å². The second kappa shape index (κ2) is 5.89. The summed E-state index contributed by atoms with van der Waals surface area (Å²) in [5.41, 5.74) is 1.09. The molecule has 0 aliphatic carbocycles. The van der Waals surface area contributed by atoms with E-state index in [2.05, 4.69) is 22.5 Å². The number of hydrogen-bond acceptors (Lipinski definition) is 1. The van der Waals surface area contributed by atoms with Crippen molar-refractivity contribution in [1.82, 2.24) is 0 Å². The van der Waals surface area contributed by atoms with Crippen molar-refractivity contribution in [3.05, 3.63) is 53.0 Å². The molecule has 0 saturated heterocycles. The van der Waals surface area contributed by atoms with Crippen LogP contribution in [0.4, 0.5) is 0 Å². The number of aliphatic hydroxyl groups excluding tert-OH is 1. The topological polar surface area (TPSA) is 20.2 Å². The Balaban J connectivity index is 2.62. The van der Waals surface area contributed by atoms with Crippen LogP contribution in [-0.2, 0) is 0 Å². The van der Waals surface area contributed by atoms with Gasteiger partial charge in [0.15, 0.2) is 0 Å². The Morgan fingerprint density at radius 2 is 2.00 bits per heavy atom. The average molecular weight is 267 g/mol. The normalized spacial score (nSPS) is 15.1. The summed E-state index contributed by atoms with van der Waals surface area (Å²) in [6, 6.07) is 9.90. The molecule has 0 aliphatic rings. The molecule has 0 aliphatic heterocycles. The minimum atomic E-state index is -0.503. The zero-order valence-corrected chi connectivity index (χ0v) is 10.3. The Bertz CT molecular complexity index is 343. The fourth-order valence-corrected chi connectivity index (χ4v) is 1.40. The molecule has 1 aromatic rings. The molecule has 2 atom stereocenters. The molecule has 1 nitrogen and oxygen atoms in total. The van der Waals surface area contributed by atoms with E-state index in [1.54, 1.807) is 6.08 Å². The van der Waals surface area contributed by atoms with E-state index in [-0.39, 0.29) is 5.92 Å². The first-order chi connectivity index (χ1) is 7.11. The van der Waals surface area contributed by atoms with Gasteiger partial charge in [-0.25, -0.2) is 0 Å². The van der Waals surface area contributed by atoms with E-state index in [4.69, 9.17) is 0 Å². The van der Waals surface area contributed by atoms with Crippen LogP contribution in [0, 0.1) is 5.92 Å². The third-order valence-corrected chi connectivity index (χ3v) is 3.01. The Labute approximate surface area is 99.3 Å². The molecule has 0 heterocycles. The molecule has 80 valence electrons. The fourth-order valence-electron chi connectivity index (χ4n) is 1.13. The number of halogens is 1. The van der Waals surface area contributed by atoms with E-state index in [9.17, 15) is 5.11 Å². The largest absolute Gasteiger partial charge is 0.388 e. The van der Waals surface area contributed by atoms with Crippen LogP contribution in [-0.4, -0.2) is 11.2 Å². The van der Waals surface area contributed by atoms with Crippen LogP contribution < -0.4 is 0 Å². The van der Waals surface area contributed by atoms with Crippen LogP contribution in [0.15, 0.2) is 47.5 Å². The summed E-state index contributed by atoms with van der Waals surface area (Å²) in [5, 5.41) is 9.77. The van der Waals surface area contributed by atoms with Crippen LogP contribution in [0.5, 0.6) is 0 Å². The van der Waals surface area contributed by atoms with Crippen molar-refractivity contribution in [2.45, 2.75) is 13.0 Å². The van der Waals surface area contributed by atoms with Gasteiger partial charge in [0.1, 0.15) is 0 Å². The highest BCUT2D eigenvalue weighted by Crippen LogP contribution is 2.19. The van der Waals surface area contributed by atoms with Crippen molar-refractivity contribution < 1.29 is 5.11 Å². The first kappa shape index (κ1) is 12.2. The Hall–Kier alpha value is -0.860. The summed E-state index contributed by atoms with van der Waals surface area (Å²) in [4.78, 5) is 0. The van der Waals surface area contributed by atoms with Gasteiger partial charge in [0.25, 0.3) is 0 Å². The van der Waals surface area contributed by atoms with Gasteiger partial charge in [-0.1, -0.05) is 71.9 Å². The molecule has 0 fully saturated rings. The predicted molar refractivity (Wildman–Crippen MR) is 68.7 cm³/mol. The van der Waals surface area contributed by atoms with Crippen molar-refractivity contribution in [3.8, 4) is 0 Å². The minimum absolute atomic E-state index is 0.0185. The van der Waals surface area contributed by atoms with Gasteiger partial charge in [0.2, 0.25) is 0 Å². The van der Waals surface area contributed by atoms with E-state index in [0.717, 1.165) is 10.0 Å². The molecule has 0 unspecified atom stereocenters. The molecule has 0 radical (unpaired) electrons. The molecule has 2 heteroatoms. The van der Waals surface area contributed by atoms with E-state index < -0.39 is 6.10 Å². The Morgan fingerprint density at radius 1 is 1.40 bits per heavy atom. The third-order valence-electron chi connectivity index (χ3n) is 2.29. The Morgan fingerprint density at radius 3 is 2.53 bits per heavy atom. The van der Waals surface area contributed by atoms with Crippen molar-refractivity contribution in [2.75, 3.05) is 0 Å². The van der Waals surface area contributed by atoms with Gasteiger partial charge in [-0.15, -0.1) is 0 Å². The summed E-state index contributed by atoms with van der Waals surface area (Å²) in [6.07, 6.45) is 3.20. The highest BCUT2D eigenvalue weighted by Gasteiger charge is 2.11. The van der Waals surface area contributed by atoms with Gasteiger partial charge < -0.3 is 5.11 Å². The molecular weight excluding hydrogens is 252 g/mol. The van der Waals surface area contributed by atoms with Gasteiger partial charge in [-0.05, 0) is 10.0 Å². The summed E-state index contributed by atoms with van der Waals surface area (Å²) >= 11 is 3.28. The monoisotopic (exact) mass is 266 g/mol. The molecule has 1 rings (SSSR count). The van der Waals surface area contributed by atoms with Crippen LogP contribution in [0.1, 0.15) is 12.5 Å². The van der Waals surface area contributed by atoms with E-state index >= 15 is 0 Å². The van der Waals surface area contributed by atoms with Gasteiger partial charge in [0, 0.05) is 5.92 Å². The minimum Gasteiger partial charge on any atom is -0.388 e. The van der Waals surface area contributed by atoms with Crippen LogP contribution in [0.2, 0.25) is 0 Å². The van der Waals surface area contributed by atoms with Crippen molar-refractivity contribution in [2.24, 2.45) is 5.92 Å². The van der Waals surface area contributed by atoms with E-state index in [0.29, 0.717) is 0 Å². The first-order valence-electron chi connectivity index (χ1n) is 4.87. The van der Waals surface area contributed by atoms with E-state index in [1.165, 1.54) is 0 Å². The maximum Gasteiger partial charge on any atom is 0.0794 e. The van der Waals surface area contributed by atoms with Crippen LogP contribution >= 0.6 is 15.9 Å². The maximum absolute atomic E-state index is 9.77. The molecule has 0 saturated carbocycles. The molecular formula is C13H15BrO. The first-order valence-corrected chi connectivity index (χ1v) is 5.66. The lowest BCUT2D eigenvalue weighted by Crippen LogP contribution is -2.13. The highest BCUT2D eigenvalue weighted by molar-refractivity contribution is 9.11. The second-order valence-corrected chi connectivity index (χ2v) is 4.51. The Kier molecular flexibility index (Phi) is 4.79. The van der Waals surface area contributed by atoms with E-state index in [1.807, 2.05) is 43.3 Å². The fraction of sp³-hybridized carbons (Fsp3) is 0.231. The van der Waals surface area contributed by atoms with Gasteiger partial charge >= 0.3 is 0 Å². The van der Waals surface area contributed by atoms with Crippen molar-refractivity contribution in [1.29, 1.82) is 0 Å². The molecule has 0 aromatic heterocycles. The lowest BCUT2D eigenvalue weighted by atomic mass is 10.0. The lowest BCUT2D eigenvalue weighted by molar-refractivity contribution is 0.185. The molecule has 0 spiro atoms. The second-order valence-electron chi connectivity index (χ2n) is 3.50. The number of aliphatic hydroxyl groups is 1. The number of rotatable bonds is 4. The van der Waals surface area contributed by atoms with Crippen molar-refractivity contribution >= 4 is 22.0 Å². The zero-order chi connectivity index (χ0) is 11.3. The quantitative estimate of drug-likeness (QED) is 0.883. The molecule has 0 amide bonds. The standard InChI is InChI=1S/C13H15BrO/c1-10(11(2)14)13(15)9-8-12-6-4-3-5-7-12/h3-10,13,15H,2H2,1H3/b9-8+/t10-,13-/m0/s1. The summed E-state index contributed by atoms with van der Waals surface area (Å²) < 4.78 is 0.813. The molecule has 1 aromatic carbocycles. The van der Waals surface area contributed by atoms with Crippen LogP contribution in [0.25, 0.3) is 6.08 Å². The SMILES string of the molecule is C=C(Br)[C@H](C)[C@@H](O)/C=C/c1ccccc1. The zero-order valence-electron chi connectivity index (χ0n) is 8.73. The lowest BCUT2D eigenvalue weighted by Gasteiger charge is -2.13. The summed E-state index contributed by atoms with van der Waals surface area (Å²) in [6.45, 7) is 5.68. The number of benzene rings is 1. The summed E-state index contributed by atoms with van der Waals surface area (Å²) in [5.74, 6) is 0.0185. The van der Waals surface area contributed by atoms with Gasteiger partial charge in [-0.3, -0.25) is 0 Å². The summed E-state index contributed by atoms with van der Waals surface area (Å²) in [7, 11) is 0. The average Bonchev–Trinajstić information content (AvgIpc) is 2.26. The molecule has 15 heavy (non-hydrogen) atoms. The highest BCUT2D eigenvalue weighted by atomic mass is 79.9. The smallest absolute Gasteiger partial charge is 0.0794 e. The number of hydrogen-bond donors (Lipinski definition) is 1. The van der Waals surface area contributed by atoms with Gasteiger partial charge in [-0.2, -0.15) is 0 Å².